The van der Waals surface area contributed by atoms with E-state index in [4.69, 9.17) is 0 Å². The van der Waals surface area contributed by atoms with E-state index in [1.165, 1.54) is 13.2 Å². The summed E-state index contributed by atoms with van der Waals surface area (Å²) >= 11 is 0. The second-order valence-corrected chi connectivity index (χ2v) is 2.88. The zero-order valence-corrected chi connectivity index (χ0v) is 7.51. The Morgan fingerprint density at radius 2 is 2.21 bits per heavy atom. The number of rotatable bonds is 3. The Balaban J connectivity index is 2.97. The molecule has 1 rings (SSSR count). The molecule has 0 aliphatic carbocycles. The maximum Gasteiger partial charge on any atom is 0.435 e. The van der Waals surface area contributed by atoms with E-state index >= 15 is 0 Å². The fourth-order valence-electron chi connectivity index (χ4n) is 1.17. The number of aromatic nitrogens is 2. The van der Waals surface area contributed by atoms with E-state index in [2.05, 4.69) is 5.10 Å². The number of halogens is 3. The van der Waals surface area contributed by atoms with Crippen LogP contribution in [0.4, 0.5) is 13.2 Å². The minimum Gasteiger partial charge on any atom is -0.303 e. The summed E-state index contributed by atoms with van der Waals surface area (Å²) in [6.45, 7) is 0. The number of aldehydes is 1. The van der Waals surface area contributed by atoms with Crippen molar-refractivity contribution in [3.8, 4) is 0 Å². The minimum absolute atomic E-state index is 0.0621. The molecule has 0 radical (unpaired) electrons. The van der Waals surface area contributed by atoms with Gasteiger partial charge in [-0.25, -0.2) is 0 Å². The highest BCUT2D eigenvalue weighted by atomic mass is 19.4. The van der Waals surface area contributed by atoms with Crippen molar-refractivity contribution in [2.45, 2.75) is 19.0 Å². The van der Waals surface area contributed by atoms with Crippen molar-refractivity contribution in [1.29, 1.82) is 0 Å². The molecule has 0 unspecified atom stereocenters. The minimum atomic E-state index is -4.44. The molecule has 0 N–H and O–H groups in total. The van der Waals surface area contributed by atoms with Crippen molar-refractivity contribution >= 4 is 6.29 Å². The first-order chi connectivity index (χ1) is 6.45. The van der Waals surface area contributed by atoms with Gasteiger partial charge in [-0.3, -0.25) is 4.68 Å². The molecule has 0 atom stereocenters. The topological polar surface area (TPSA) is 34.9 Å². The molecule has 0 saturated carbocycles. The quantitative estimate of drug-likeness (QED) is 0.703. The lowest BCUT2D eigenvalue weighted by atomic mass is 10.1. The molecule has 14 heavy (non-hydrogen) atoms. The number of alkyl halides is 3. The standard InChI is InChI=1S/C8H9F3N2O/c1-13-5-6(3-2-4-14)7(12-13)8(9,10)11/h4-5H,2-3H2,1H3. The van der Waals surface area contributed by atoms with Crippen molar-refractivity contribution in [3.05, 3.63) is 17.5 Å². The van der Waals surface area contributed by atoms with Gasteiger partial charge < -0.3 is 4.79 Å². The van der Waals surface area contributed by atoms with Crippen LogP contribution in [0.5, 0.6) is 0 Å². The van der Waals surface area contributed by atoms with Gasteiger partial charge in [0.1, 0.15) is 6.29 Å². The maximum absolute atomic E-state index is 12.3. The van der Waals surface area contributed by atoms with E-state index in [1.807, 2.05) is 0 Å². The first-order valence-electron chi connectivity index (χ1n) is 3.98. The van der Waals surface area contributed by atoms with Gasteiger partial charge in [0.15, 0.2) is 5.69 Å². The van der Waals surface area contributed by atoms with E-state index in [1.54, 1.807) is 0 Å². The molecular formula is C8H9F3N2O. The van der Waals surface area contributed by atoms with E-state index in [0.717, 1.165) is 4.68 Å². The lowest BCUT2D eigenvalue weighted by Gasteiger charge is -2.03. The number of hydrogen-bond donors (Lipinski definition) is 0. The average Bonchev–Trinajstić information content (AvgIpc) is 2.42. The second kappa shape index (κ2) is 3.81. The smallest absolute Gasteiger partial charge is 0.303 e. The Kier molecular flexibility index (Phi) is 2.93. The Morgan fingerprint density at radius 1 is 1.57 bits per heavy atom. The van der Waals surface area contributed by atoms with Gasteiger partial charge in [0.25, 0.3) is 0 Å². The van der Waals surface area contributed by atoms with Gasteiger partial charge in [-0.2, -0.15) is 18.3 Å². The summed E-state index contributed by atoms with van der Waals surface area (Å²) in [7, 11) is 1.42. The van der Waals surface area contributed by atoms with Gasteiger partial charge >= 0.3 is 6.18 Å². The fourth-order valence-corrected chi connectivity index (χ4v) is 1.17. The first-order valence-corrected chi connectivity index (χ1v) is 3.98. The van der Waals surface area contributed by atoms with Crippen LogP contribution in [-0.4, -0.2) is 16.1 Å². The van der Waals surface area contributed by atoms with E-state index in [9.17, 15) is 18.0 Å². The van der Waals surface area contributed by atoms with Crippen LogP contribution < -0.4 is 0 Å². The second-order valence-electron chi connectivity index (χ2n) is 2.88. The zero-order chi connectivity index (χ0) is 10.8. The summed E-state index contributed by atoms with van der Waals surface area (Å²) in [6, 6.07) is 0. The number of nitrogens with zero attached hydrogens (tertiary/aromatic N) is 2. The highest BCUT2D eigenvalue weighted by Crippen LogP contribution is 2.30. The molecule has 0 aliphatic rings. The number of aryl methyl sites for hydroxylation is 2. The predicted molar refractivity (Wildman–Crippen MR) is 42.6 cm³/mol. The molecule has 1 aromatic heterocycles. The lowest BCUT2D eigenvalue weighted by molar-refractivity contribution is -0.142. The zero-order valence-electron chi connectivity index (χ0n) is 7.51. The molecule has 1 heterocycles. The van der Waals surface area contributed by atoms with Gasteiger partial charge in [0.05, 0.1) is 0 Å². The van der Waals surface area contributed by atoms with E-state index < -0.39 is 11.9 Å². The third-order valence-corrected chi connectivity index (χ3v) is 1.70. The Bertz CT molecular complexity index is 330. The molecular weight excluding hydrogens is 197 g/mol. The maximum atomic E-state index is 12.3. The van der Waals surface area contributed by atoms with Crippen molar-refractivity contribution in [2.24, 2.45) is 7.05 Å². The number of hydrogen-bond acceptors (Lipinski definition) is 2. The summed E-state index contributed by atoms with van der Waals surface area (Å²) in [5.74, 6) is 0. The summed E-state index contributed by atoms with van der Waals surface area (Å²) < 4.78 is 38.1. The molecule has 3 nitrogen and oxygen atoms in total. The summed E-state index contributed by atoms with van der Waals surface area (Å²) in [6.07, 6.45) is -2.42. The van der Waals surface area contributed by atoms with Crippen molar-refractivity contribution < 1.29 is 18.0 Å². The van der Waals surface area contributed by atoms with Gasteiger partial charge in [-0.15, -0.1) is 0 Å². The van der Waals surface area contributed by atoms with Crippen LogP contribution in [0.3, 0.4) is 0 Å². The fraction of sp³-hybridized carbons (Fsp3) is 0.500. The van der Waals surface area contributed by atoms with Crippen LogP contribution in [0.2, 0.25) is 0 Å². The molecule has 0 spiro atoms. The summed E-state index contributed by atoms with van der Waals surface area (Å²) in [4.78, 5) is 10.0. The van der Waals surface area contributed by atoms with Crippen LogP contribution in [0.15, 0.2) is 6.20 Å². The molecule has 78 valence electrons. The molecule has 0 bridgehead atoms. The van der Waals surface area contributed by atoms with Crippen molar-refractivity contribution in [1.82, 2.24) is 9.78 Å². The summed E-state index contributed by atoms with van der Waals surface area (Å²) in [5.41, 5.74) is -0.839. The molecule has 0 saturated heterocycles. The van der Waals surface area contributed by atoms with Gasteiger partial charge in [-0.1, -0.05) is 0 Å². The third-order valence-electron chi connectivity index (χ3n) is 1.70. The van der Waals surface area contributed by atoms with Gasteiger partial charge in [-0.05, 0) is 6.42 Å². The van der Waals surface area contributed by atoms with Crippen LogP contribution in [0.1, 0.15) is 17.7 Å². The van der Waals surface area contributed by atoms with Crippen LogP contribution in [-0.2, 0) is 24.4 Å². The molecule has 0 aliphatic heterocycles. The van der Waals surface area contributed by atoms with Gasteiger partial charge in [0, 0.05) is 25.2 Å². The molecule has 0 amide bonds. The highest BCUT2D eigenvalue weighted by Gasteiger charge is 2.36. The monoisotopic (exact) mass is 206 g/mol. The van der Waals surface area contributed by atoms with Crippen molar-refractivity contribution in [2.75, 3.05) is 0 Å². The molecule has 1 aromatic rings. The normalized spacial score (nSPS) is 11.7. The Hall–Kier alpha value is -1.33. The molecule has 6 heteroatoms. The molecule has 0 aromatic carbocycles. The van der Waals surface area contributed by atoms with E-state index in [0.29, 0.717) is 6.29 Å². The number of carbonyl (C=O) groups excluding carboxylic acids is 1. The van der Waals surface area contributed by atoms with Crippen molar-refractivity contribution in [3.63, 3.8) is 0 Å². The Labute approximate surface area is 78.5 Å². The average molecular weight is 206 g/mol. The summed E-state index contributed by atoms with van der Waals surface area (Å²) in [5, 5.41) is 3.31. The van der Waals surface area contributed by atoms with Crippen LogP contribution >= 0.6 is 0 Å². The largest absolute Gasteiger partial charge is 0.435 e. The lowest BCUT2D eigenvalue weighted by Crippen LogP contribution is -2.09. The Morgan fingerprint density at radius 3 is 2.71 bits per heavy atom. The van der Waals surface area contributed by atoms with E-state index in [-0.39, 0.29) is 18.4 Å². The third kappa shape index (κ3) is 2.34. The first kappa shape index (κ1) is 10.7. The van der Waals surface area contributed by atoms with Gasteiger partial charge in [0.2, 0.25) is 0 Å². The molecule has 0 fully saturated rings. The number of carbonyl (C=O) groups is 1. The van der Waals surface area contributed by atoms with Crippen LogP contribution in [0.25, 0.3) is 0 Å². The highest BCUT2D eigenvalue weighted by molar-refractivity contribution is 5.50. The SMILES string of the molecule is Cn1cc(CCC=O)c(C(F)(F)F)n1. The predicted octanol–water partition coefficient (Wildman–Crippen LogP) is 1.57. The van der Waals surface area contributed by atoms with Crippen LogP contribution in [0, 0.1) is 0 Å².